The molecule has 3 nitrogen and oxygen atoms in total. The molecule has 1 aromatic rings. The predicted molar refractivity (Wildman–Crippen MR) is 50.4 cm³/mol. The Bertz CT molecular complexity index is 321. The number of hydrogen-bond donors (Lipinski definition) is 1. The van der Waals surface area contributed by atoms with Gasteiger partial charge in [-0.3, -0.25) is 5.73 Å². The minimum absolute atomic E-state index is 0.0772. The van der Waals surface area contributed by atoms with Crippen LogP contribution >= 0.6 is 0 Å². The smallest absolute Gasteiger partial charge is 0.339 e. The Morgan fingerprint density at radius 3 is 2.77 bits per heavy atom. The van der Waals surface area contributed by atoms with Gasteiger partial charge in [-0.25, -0.2) is 4.79 Å². The van der Waals surface area contributed by atoms with E-state index < -0.39 is 0 Å². The van der Waals surface area contributed by atoms with Crippen LogP contribution in [0.3, 0.4) is 0 Å². The SMILES string of the molecule is Cc1cccc(C(=O)OCN)c1C. The van der Waals surface area contributed by atoms with E-state index in [9.17, 15) is 4.79 Å². The van der Waals surface area contributed by atoms with E-state index in [1.165, 1.54) is 0 Å². The molecule has 0 aliphatic heterocycles. The van der Waals surface area contributed by atoms with E-state index in [4.69, 9.17) is 10.5 Å². The zero-order valence-corrected chi connectivity index (χ0v) is 7.83. The lowest BCUT2D eigenvalue weighted by Gasteiger charge is -2.06. The number of aryl methyl sites for hydroxylation is 1. The summed E-state index contributed by atoms with van der Waals surface area (Å²) in [5.74, 6) is -0.358. The van der Waals surface area contributed by atoms with Gasteiger partial charge in [-0.05, 0) is 31.0 Å². The van der Waals surface area contributed by atoms with Gasteiger partial charge in [0.15, 0.2) is 0 Å². The molecule has 0 saturated carbocycles. The topological polar surface area (TPSA) is 52.3 Å². The molecule has 0 heterocycles. The quantitative estimate of drug-likeness (QED) is 0.551. The second-order valence-electron chi connectivity index (χ2n) is 2.85. The number of carbonyl (C=O) groups is 1. The summed E-state index contributed by atoms with van der Waals surface area (Å²) < 4.78 is 4.70. The molecule has 0 spiro atoms. The molecule has 0 atom stereocenters. The number of esters is 1. The molecule has 0 aliphatic carbocycles. The predicted octanol–water partition coefficient (Wildman–Crippen LogP) is 1.38. The summed E-state index contributed by atoms with van der Waals surface area (Å²) in [5.41, 5.74) is 7.72. The third-order valence-corrected chi connectivity index (χ3v) is 2.04. The van der Waals surface area contributed by atoms with E-state index in [0.717, 1.165) is 11.1 Å². The molecule has 0 saturated heterocycles. The van der Waals surface area contributed by atoms with E-state index in [-0.39, 0.29) is 12.7 Å². The zero-order valence-electron chi connectivity index (χ0n) is 7.83. The van der Waals surface area contributed by atoms with Crippen LogP contribution in [-0.4, -0.2) is 12.7 Å². The maximum absolute atomic E-state index is 11.3. The number of benzene rings is 1. The molecule has 2 N–H and O–H groups in total. The standard InChI is InChI=1S/C10H13NO2/c1-7-4-3-5-9(8(7)2)10(12)13-6-11/h3-5H,6,11H2,1-2H3. The van der Waals surface area contributed by atoms with Gasteiger partial charge in [-0.1, -0.05) is 12.1 Å². The van der Waals surface area contributed by atoms with Crippen LogP contribution in [0, 0.1) is 13.8 Å². The van der Waals surface area contributed by atoms with Crippen molar-refractivity contribution < 1.29 is 9.53 Å². The Labute approximate surface area is 77.5 Å². The van der Waals surface area contributed by atoms with E-state index >= 15 is 0 Å². The molecule has 0 aromatic heterocycles. The maximum atomic E-state index is 11.3. The molecule has 0 fully saturated rings. The molecule has 1 aromatic carbocycles. The fourth-order valence-corrected chi connectivity index (χ4v) is 1.13. The number of hydrogen-bond acceptors (Lipinski definition) is 3. The van der Waals surface area contributed by atoms with Crippen LogP contribution in [-0.2, 0) is 4.74 Å². The highest BCUT2D eigenvalue weighted by molar-refractivity contribution is 5.91. The second kappa shape index (κ2) is 4.05. The lowest BCUT2D eigenvalue weighted by Crippen LogP contribution is -2.13. The second-order valence-corrected chi connectivity index (χ2v) is 2.85. The highest BCUT2D eigenvalue weighted by Crippen LogP contribution is 2.13. The van der Waals surface area contributed by atoms with Crippen molar-refractivity contribution in [2.24, 2.45) is 5.73 Å². The first kappa shape index (κ1) is 9.74. The van der Waals surface area contributed by atoms with Crippen molar-refractivity contribution >= 4 is 5.97 Å². The molecule has 0 radical (unpaired) electrons. The molecule has 1 rings (SSSR count). The van der Waals surface area contributed by atoms with Crippen LogP contribution in [0.15, 0.2) is 18.2 Å². The van der Waals surface area contributed by atoms with Crippen LogP contribution in [0.5, 0.6) is 0 Å². The highest BCUT2D eigenvalue weighted by atomic mass is 16.5. The van der Waals surface area contributed by atoms with Crippen LogP contribution in [0.25, 0.3) is 0 Å². The Kier molecular flexibility index (Phi) is 3.03. The van der Waals surface area contributed by atoms with Crippen LogP contribution < -0.4 is 5.73 Å². The largest absolute Gasteiger partial charge is 0.446 e. The van der Waals surface area contributed by atoms with E-state index in [1.54, 1.807) is 6.07 Å². The Hall–Kier alpha value is -1.35. The van der Waals surface area contributed by atoms with Crippen molar-refractivity contribution in [2.45, 2.75) is 13.8 Å². The molecular formula is C10H13NO2. The Morgan fingerprint density at radius 2 is 2.15 bits per heavy atom. The molecule has 70 valence electrons. The van der Waals surface area contributed by atoms with Gasteiger partial charge in [0.1, 0.15) is 6.73 Å². The first-order valence-electron chi connectivity index (χ1n) is 4.10. The molecular weight excluding hydrogens is 166 g/mol. The summed E-state index contributed by atoms with van der Waals surface area (Å²) in [6, 6.07) is 5.52. The van der Waals surface area contributed by atoms with Crippen LogP contribution in [0.2, 0.25) is 0 Å². The van der Waals surface area contributed by atoms with Crippen molar-refractivity contribution in [2.75, 3.05) is 6.73 Å². The Balaban J connectivity index is 3.01. The normalized spacial score (nSPS) is 9.77. The molecule has 0 amide bonds. The van der Waals surface area contributed by atoms with Crippen LogP contribution in [0.4, 0.5) is 0 Å². The molecule has 3 heteroatoms. The number of ether oxygens (including phenoxy) is 1. The molecule has 0 unspecified atom stereocenters. The number of nitrogens with two attached hydrogens (primary N) is 1. The first-order valence-corrected chi connectivity index (χ1v) is 4.10. The summed E-state index contributed by atoms with van der Waals surface area (Å²) in [7, 11) is 0. The summed E-state index contributed by atoms with van der Waals surface area (Å²) in [6.45, 7) is 3.77. The third kappa shape index (κ3) is 2.06. The number of carbonyl (C=O) groups excluding carboxylic acids is 1. The van der Waals surface area contributed by atoms with Crippen molar-refractivity contribution in [3.63, 3.8) is 0 Å². The average Bonchev–Trinajstić information content (AvgIpc) is 2.10. The van der Waals surface area contributed by atoms with Gasteiger partial charge in [0, 0.05) is 0 Å². The van der Waals surface area contributed by atoms with Gasteiger partial charge in [0.05, 0.1) is 5.56 Å². The lowest BCUT2D eigenvalue weighted by molar-refractivity contribution is 0.0514. The van der Waals surface area contributed by atoms with Gasteiger partial charge in [-0.15, -0.1) is 0 Å². The zero-order chi connectivity index (χ0) is 9.84. The summed E-state index contributed by atoms with van der Waals surface area (Å²) in [5, 5.41) is 0. The summed E-state index contributed by atoms with van der Waals surface area (Å²) in [6.07, 6.45) is 0. The van der Waals surface area contributed by atoms with E-state index in [1.807, 2.05) is 26.0 Å². The van der Waals surface area contributed by atoms with Gasteiger partial charge >= 0.3 is 5.97 Å². The van der Waals surface area contributed by atoms with Gasteiger partial charge in [0.2, 0.25) is 0 Å². The van der Waals surface area contributed by atoms with Crippen molar-refractivity contribution in [1.82, 2.24) is 0 Å². The maximum Gasteiger partial charge on any atom is 0.339 e. The number of rotatable bonds is 2. The van der Waals surface area contributed by atoms with Crippen molar-refractivity contribution in [3.8, 4) is 0 Å². The monoisotopic (exact) mass is 179 g/mol. The third-order valence-electron chi connectivity index (χ3n) is 2.04. The van der Waals surface area contributed by atoms with Crippen molar-refractivity contribution in [1.29, 1.82) is 0 Å². The molecule has 0 bridgehead atoms. The highest BCUT2D eigenvalue weighted by Gasteiger charge is 2.09. The van der Waals surface area contributed by atoms with Crippen LogP contribution in [0.1, 0.15) is 21.5 Å². The van der Waals surface area contributed by atoms with E-state index in [2.05, 4.69) is 0 Å². The van der Waals surface area contributed by atoms with Crippen molar-refractivity contribution in [3.05, 3.63) is 34.9 Å². The average molecular weight is 179 g/mol. The van der Waals surface area contributed by atoms with E-state index in [0.29, 0.717) is 5.56 Å². The molecule has 13 heavy (non-hydrogen) atoms. The fraction of sp³-hybridized carbons (Fsp3) is 0.300. The minimum atomic E-state index is -0.358. The fourth-order valence-electron chi connectivity index (χ4n) is 1.13. The minimum Gasteiger partial charge on any atom is -0.446 e. The lowest BCUT2D eigenvalue weighted by atomic mass is 10.0. The first-order chi connectivity index (χ1) is 6.16. The Morgan fingerprint density at radius 1 is 1.46 bits per heavy atom. The summed E-state index contributed by atoms with van der Waals surface area (Å²) >= 11 is 0. The summed E-state index contributed by atoms with van der Waals surface area (Å²) in [4.78, 5) is 11.3. The van der Waals surface area contributed by atoms with Gasteiger partial charge in [-0.2, -0.15) is 0 Å². The van der Waals surface area contributed by atoms with Gasteiger partial charge in [0.25, 0.3) is 0 Å². The van der Waals surface area contributed by atoms with Gasteiger partial charge < -0.3 is 4.74 Å². The molecule has 0 aliphatic rings.